The zero-order valence-corrected chi connectivity index (χ0v) is 15.4. The van der Waals surface area contributed by atoms with Gasteiger partial charge in [-0.2, -0.15) is 5.10 Å². The van der Waals surface area contributed by atoms with Crippen LogP contribution in [0.3, 0.4) is 0 Å². The SMILES string of the molecule is CN=C(NCCC(C)C)NCc1ccccc1-n1nc(C)cc1C. The molecule has 1 heterocycles. The number of para-hydroxylation sites is 1. The van der Waals surface area contributed by atoms with Crippen molar-refractivity contribution < 1.29 is 0 Å². The Hall–Kier alpha value is -2.30. The summed E-state index contributed by atoms with van der Waals surface area (Å²) in [7, 11) is 1.80. The van der Waals surface area contributed by atoms with Gasteiger partial charge in [0, 0.05) is 25.8 Å². The van der Waals surface area contributed by atoms with Gasteiger partial charge in [-0.15, -0.1) is 0 Å². The summed E-state index contributed by atoms with van der Waals surface area (Å²) in [6, 6.07) is 10.4. The second-order valence-electron chi connectivity index (χ2n) is 6.50. The molecule has 0 aliphatic carbocycles. The van der Waals surface area contributed by atoms with Crippen LogP contribution in [0.15, 0.2) is 35.3 Å². The first-order chi connectivity index (χ1) is 11.5. The van der Waals surface area contributed by atoms with Crippen LogP contribution in [0.4, 0.5) is 0 Å². The first-order valence-corrected chi connectivity index (χ1v) is 8.57. The summed E-state index contributed by atoms with van der Waals surface area (Å²) in [4.78, 5) is 4.30. The normalized spacial score (nSPS) is 11.8. The topological polar surface area (TPSA) is 54.2 Å². The third-order valence-corrected chi connectivity index (χ3v) is 3.91. The van der Waals surface area contributed by atoms with E-state index in [4.69, 9.17) is 0 Å². The van der Waals surface area contributed by atoms with Crippen LogP contribution < -0.4 is 10.6 Å². The molecule has 0 saturated heterocycles. The highest BCUT2D eigenvalue weighted by molar-refractivity contribution is 5.79. The Morgan fingerprint density at radius 3 is 2.58 bits per heavy atom. The third-order valence-electron chi connectivity index (χ3n) is 3.91. The molecule has 5 nitrogen and oxygen atoms in total. The van der Waals surface area contributed by atoms with Gasteiger partial charge in [-0.3, -0.25) is 4.99 Å². The van der Waals surface area contributed by atoms with E-state index in [1.54, 1.807) is 7.05 Å². The van der Waals surface area contributed by atoms with Crippen molar-refractivity contribution in [1.29, 1.82) is 0 Å². The molecule has 1 aromatic carbocycles. The number of benzene rings is 1. The summed E-state index contributed by atoms with van der Waals surface area (Å²) in [5.41, 5.74) is 4.46. The van der Waals surface area contributed by atoms with Crippen LogP contribution in [0.25, 0.3) is 5.69 Å². The number of aliphatic imine (C=N–C) groups is 1. The molecule has 0 saturated carbocycles. The average Bonchev–Trinajstić information content (AvgIpc) is 2.89. The number of nitrogens with zero attached hydrogens (tertiary/aromatic N) is 3. The van der Waals surface area contributed by atoms with E-state index in [1.807, 2.05) is 17.7 Å². The zero-order valence-electron chi connectivity index (χ0n) is 15.4. The summed E-state index contributed by atoms with van der Waals surface area (Å²) < 4.78 is 2.00. The number of nitrogens with one attached hydrogen (secondary N) is 2. The zero-order chi connectivity index (χ0) is 17.5. The standard InChI is InChI=1S/C19H29N5/c1-14(2)10-11-21-19(20-5)22-13-17-8-6-7-9-18(17)24-16(4)12-15(3)23-24/h6-9,12,14H,10-11,13H2,1-5H3,(H2,20,21,22). The fraction of sp³-hybridized carbons (Fsp3) is 0.474. The van der Waals surface area contributed by atoms with Gasteiger partial charge in [-0.25, -0.2) is 4.68 Å². The Bertz CT molecular complexity index is 685. The second kappa shape index (κ2) is 8.52. The molecule has 24 heavy (non-hydrogen) atoms. The lowest BCUT2D eigenvalue weighted by atomic mass is 10.1. The van der Waals surface area contributed by atoms with E-state index in [0.29, 0.717) is 12.5 Å². The maximum atomic E-state index is 4.60. The van der Waals surface area contributed by atoms with Crippen molar-refractivity contribution in [1.82, 2.24) is 20.4 Å². The Morgan fingerprint density at radius 2 is 1.96 bits per heavy atom. The number of aromatic nitrogens is 2. The van der Waals surface area contributed by atoms with Crippen molar-refractivity contribution >= 4 is 5.96 Å². The predicted molar refractivity (Wildman–Crippen MR) is 101 cm³/mol. The highest BCUT2D eigenvalue weighted by atomic mass is 15.3. The highest BCUT2D eigenvalue weighted by Gasteiger charge is 2.09. The van der Waals surface area contributed by atoms with Crippen molar-refractivity contribution in [3.63, 3.8) is 0 Å². The molecule has 0 spiro atoms. The molecule has 2 N–H and O–H groups in total. The molecule has 0 aliphatic heterocycles. The molecule has 0 aliphatic rings. The van der Waals surface area contributed by atoms with E-state index in [1.165, 1.54) is 5.56 Å². The molecule has 0 radical (unpaired) electrons. The largest absolute Gasteiger partial charge is 0.356 e. The summed E-state index contributed by atoms with van der Waals surface area (Å²) >= 11 is 0. The molecule has 5 heteroatoms. The number of hydrogen-bond donors (Lipinski definition) is 2. The van der Waals surface area contributed by atoms with Crippen LogP contribution in [-0.2, 0) is 6.54 Å². The lowest BCUT2D eigenvalue weighted by Crippen LogP contribution is -2.37. The van der Waals surface area contributed by atoms with Crippen LogP contribution >= 0.6 is 0 Å². The van der Waals surface area contributed by atoms with Crippen LogP contribution in [0.5, 0.6) is 0 Å². The van der Waals surface area contributed by atoms with Gasteiger partial charge in [0.15, 0.2) is 5.96 Å². The molecule has 2 aromatic rings. The van der Waals surface area contributed by atoms with E-state index in [2.05, 4.69) is 65.8 Å². The summed E-state index contributed by atoms with van der Waals surface area (Å²) in [6.45, 7) is 10.2. The Labute approximate surface area is 145 Å². The molecular formula is C19H29N5. The Kier molecular flexibility index (Phi) is 6.41. The predicted octanol–water partition coefficient (Wildman–Crippen LogP) is 3.20. The quantitative estimate of drug-likeness (QED) is 0.633. The van der Waals surface area contributed by atoms with Gasteiger partial charge in [0.05, 0.1) is 11.4 Å². The molecular weight excluding hydrogens is 298 g/mol. The summed E-state index contributed by atoms with van der Waals surface area (Å²) in [5.74, 6) is 1.51. The minimum Gasteiger partial charge on any atom is -0.356 e. The fourth-order valence-corrected chi connectivity index (χ4v) is 2.62. The Morgan fingerprint density at radius 1 is 1.21 bits per heavy atom. The fourth-order valence-electron chi connectivity index (χ4n) is 2.62. The lowest BCUT2D eigenvalue weighted by Gasteiger charge is -2.15. The Balaban J connectivity index is 2.06. The van der Waals surface area contributed by atoms with Crippen molar-refractivity contribution in [2.45, 2.75) is 40.7 Å². The van der Waals surface area contributed by atoms with Crippen molar-refractivity contribution in [2.75, 3.05) is 13.6 Å². The van der Waals surface area contributed by atoms with Crippen molar-refractivity contribution in [3.05, 3.63) is 47.3 Å². The number of hydrogen-bond acceptors (Lipinski definition) is 2. The number of rotatable bonds is 6. The van der Waals surface area contributed by atoms with Gasteiger partial charge in [-0.1, -0.05) is 32.0 Å². The maximum Gasteiger partial charge on any atom is 0.191 e. The average molecular weight is 327 g/mol. The van der Waals surface area contributed by atoms with E-state index in [9.17, 15) is 0 Å². The molecule has 0 amide bonds. The number of aryl methyl sites for hydroxylation is 2. The van der Waals surface area contributed by atoms with E-state index < -0.39 is 0 Å². The van der Waals surface area contributed by atoms with E-state index >= 15 is 0 Å². The molecule has 0 fully saturated rings. The summed E-state index contributed by atoms with van der Waals surface area (Å²) in [5, 5.41) is 11.4. The van der Waals surface area contributed by atoms with Gasteiger partial charge in [0.25, 0.3) is 0 Å². The second-order valence-corrected chi connectivity index (χ2v) is 6.50. The summed E-state index contributed by atoms with van der Waals surface area (Å²) in [6.07, 6.45) is 1.13. The van der Waals surface area contributed by atoms with Gasteiger partial charge in [-0.05, 0) is 43.9 Å². The number of guanidine groups is 1. The maximum absolute atomic E-state index is 4.60. The van der Waals surface area contributed by atoms with Crippen molar-refractivity contribution in [3.8, 4) is 5.69 Å². The van der Waals surface area contributed by atoms with Crippen LogP contribution in [0, 0.1) is 19.8 Å². The first-order valence-electron chi connectivity index (χ1n) is 8.57. The molecule has 1 aromatic heterocycles. The molecule has 0 bridgehead atoms. The highest BCUT2D eigenvalue weighted by Crippen LogP contribution is 2.16. The van der Waals surface area contributed by atoms with E-state index in [0.717, 1.165) is 36.0 Å². The monoisotopic (exact) mass is 327 g/mol. The van der Waals surface area contributed by atoms with Gasteiger partial charge in [0.2, 0.25) is 0 Å². The minimum atomic E-state index is 0.683. The van der Waals surface area contributed by atoms with Gasteiger partial charge >= 0.3 is 0 Å². The minimum absolute atomic E-state index is 0.683. The first kappa shape index (κ1) is 18.0. The molecule has 0 atom stereocenters. The van der Waals surface area contributed by atoms with Crippen LogP contribution in [0.1, 0.15) is 37.2 Å². The van der Waals surface area contributed by atoms with Gasteiger partial charge in [0.1, 0.15) is 0 Å². The van der Waals surface area contributed by atoms with Crippen LogP contribution in [0.2, 0.25) is 0 Å². The van der Waals surface area contributed by atoms with E-state index in [-0.39, 0.29) is 0 Å². The van der Waals surface area contributed by atoms with Crippen molar-refractivity contribution in [2.24, 2.45) is 10.9 Å². The smallest absolute Gasteiger partial charge is 0.191 e. The molecule has 0 unspecified atom stereocenters. The van der Waals surface area contributed by atoms with Crippen LogP contribution in [-0.4, -0.2) is 29.3 Å². The molecule has 2 rings (SSSR count). The third kappa shape index (κ3) is 4.85. The van der Waals surface area contributed by atoms with Gasteiger partial charge < -0.3 is 10.6 Å². The lowest BCUT2D eigenvalue weighted by molar-refractivity contribution is 0.573. The molecule has 130 valence electrons.